The molecule has 1 aromatic heterocycles. The van der Waals surface area contributed by atoms with Crippen molar-refractivity contribution in [3.05, 3.63) is 71.1 Å². The molecule has 1 unspecified atom stereocenters. The van der Waals surface area contributed by atoms with Crippen LogP contribution in [0.3, 0.4) is 0 Å². The Labute approximate surface area is 267 Å². The number of fused-ring (bicyclic) bond motifs is 1. The highest BCUT2D eigenvalue weighted by atomic mass is 35.5. The zero-order valence-corrected chi connectivity index (χ0v) is 28.1. The number of nitrogens with zero attached hydrogens (tertiary/aromatic N) is 1. The molecule has 0 aliphatic heterocycles. The molecule has 2 aromatic carbocycles. The average molecular weight is 697 g/mol. The highest BCUT2D eigenvalue weighted by molar-refractivity contribution is 7.87. The molecule has 250 valence electrons. The van der Waals surface area contributed by atoms with E-state index in [1.807, 2.05) is 33.9 Å². The van der Waals surface area contributed by atoms with Crippen LogP contribution in [-0.4, -0.2) is 40.4 Å². The minimum absolute atomic E-state index is 0. The van der Waals surface area contributed by atoms with E-state index in [-0.39, 0.29) is 48.4 Å². The summed E-state index contributed by atoms with van der Waals surface area (Å²) in [7, 11) is -6.51. The number of rotatable bonds is 11. The van der Waals surface area contributed by atoms with Crippen molar-refractivity contribution in [1.29, 1.82) is 0 Å². The van der Waals surface area contributed by atoms with Crippen LogP contribution >= 0.6 is 12.4 Å². The van der Waals surface area contributed by atoms with Gasteiger partial charge in [-0.3, -0.25) is 4.98 Å². The minimum Gasteiger partial charge on any atom is -0.490 e. The van der Waals surface area contributed by atoms with Crippen LogP contribution < -0.4 is 19.9 Å². The Morgan fingerprint density at radius 3 is 2.33 bits per heavy atom. The van der Waals surface area contributed by atoms with E-state index in [1.165, 1.54) is 12.3 Å². The van der Waals surface area contributed by atoms with Gasteiger partial charge in [-0.05, 0) is 72.3 Å². The van der Waals surface area contributed by atoms with Crippen molar-refractivity contribution < 1.29 is 39.5 Å². The summed E-state index contributed by atoms with van der Waals surface area (Å²) in [5, 5.41) is 9.41. The van der Waals surface area contributed by atoms with Crippen molar-refractivity contribution in [1.82, 2.24) is 15.0 Å². The first-order valence-corrected chi connectivity index (χ1v) is 18.5. The van der Waals surface area contributed by atoms with Gasteiger partial charge in [0.2, 0.25) is 0 Å². The van der Waals surface area contributed by atoms with Gasteiger partial charge in [0.15, 0.2) is 8.32 Å². The molecule has 1 saturated carbocycles. The molecule has 1 atom stereocenters. The minimum atomic E-state index is -4.83. The van der Waals surface area contributed by atoms with E-state index in [4.69, 9.17) is 14.3 Å². The standard InChI is InChI=1S/C29H37F5N4O4SSi.ClH/c1-28(2,3)44(4,5)42-27(16-38-43(35,39)40)21-13-26(31)23(20-8-9-36-14-22(20)21)15-37-17-10-19(11-17)41-18-6-7-25(30)24(12-18)29(32,33)34;/h6-9,12-14,17,19,27,37-38H,10-11,15-16H2,1-5H3,(H2,35,39,40);1H. The monoisotopic (exact) mass is 696 g/mol. The molecule has 0 radical (unpaired) electrons. The predicted octanol–water partition coefficient (Wildman–Crippen LogP) is 6.51. The maximum Gasteiger partial charge on any atom is 0.419 e. The van der Waals surface area contributed by atoms with Gasteiger partial charge in [-0.25, -0.2) is 13.9 Å². The Kier molecular flexibility index (Phi) is 11.3. The van der Waals surface area contributed by atoms with Gasteiger partial charge in [-0.15, -0.1) is 12.4 Å². The zero-order valence-electron chi connectivity index (χ0n) is 25.5. The summed E-state index contributed by atoms with van der Waals surface area (Å²) in [4.78, 5) is 4.22. The summed E-state index contributed by atoms with van der Waals surface area (Å²) in [5.41, 5.74) is -0.582. The van der Waals surface area contributed by atoms with Gasteiger partial charge in [0, 0.05) is 42.5 Å². The van der Waals surface area contributed by atoms with E-state index in [1.54, 1.807) is 12.3 Å². The van der Waals surface area contributed by atoms with Crippen molar-refractivity contribution in [2.45, 2.75) is 82.7 Å². The lowest BCUT2D eigenvalue weighted by atomic mass is 9.88. The van der Waals surface area contributed by atoms with Crippen LogP contribution in [0.5, 0.6) is 5.75 Å². The van der Waals surface area contributed by atoms with Crippen LogP contribution in [-0.2, 0) is 27.4 Å². The summed E-state index contributed by atoms with van der Waals surface area (Å²) >= 11 is 0. The number of nitrogens with one attached hydrogen (secondary N) is 2. The van der Waals surface area contributed by atoms with Crippen LogP contribution in [0, 0.1) is 11.6 Å². The molecule has 8 nitrogen and oxygen atoms in total. The maximum absolute atomic E-state index is 15.8. The first-order chi connectivity index (χ1) is 20.2. The molecule has 16 heteroatoms. The Balaban J connectivity index is 0.00000552. The third-order valence-corrected chi connectivity index (χ3v) is 13.4. The van der Waals surface area contributed by atoms with Gasteiger partial charge in [0.25, 0.3) is 10.2 Å². The summed E-state index contributed by atoms with van der Waals surface area (Å²) in [6, 6.07) is 5.45. The number of halogens is 6. The van der Waals surface area contributed by atoms with Crippen molar-refractivity contribution in [2.24, 2.45) is 5.14 Å². The van der Waals surface area contributed by atoms with Gasteiger partial charge in [-0.2, -0.15) is 26.3 Å². The fourth-order valence-corrected chi connectivity index (χ4v) is 6.42. The van der Waals surface area contributed by atoms with Gasteiger partial charge in [-0.1, -0.05) is 20.8 Å². The van der Waals surface area contributed by atoms with Crippen LogP contribution in [0.2, 0.25) is 18.1 Å². The second-order valence-electron chi connectivity index (χ2n) is 12.5. The summed E-state index contributed by atoms with van der Waals surface area (Å²) in [5.74, 6) is -1.97. The number of pyridine rings is 1. The van der Waals surface area contributed by atoms with Gasteiger partial charge in [0.1, 0.15) is 23.5 Å². The smallest absolute Gasteiger partial charge is 0.419 e. The number of hydrogen-bond donors (Lipinski definition) is 3. The van der Waals surface area contributed by atoms with Gasteiger partial charge < -0.3 is 14.5 Å². The summed E-state index contributed by atoms with van der Waals surface area (Å²) < 4.78 is 106. The fourth-order valence-electron chi connectivity index (χ4n) is 4.77. The number of nitrogens with two attached hydrogens (primary N) is 1. The second-order valence-corrected chi connectivity index (χ2v) is 18.7. The summed E-state index contributed by atoms with van der Waals surface area (Å²) in [6.45, 7) is 10.1. The molecule has 0 spiro atoms. The quantitative estimate of drug-likeness (QED) is 0.156. The second kappa shape index (κ2) is 13.8. The molecular formula is C29H38ClF5N4O4SSi. The van der Waals surface area contributed by atoms with E-state index in [0.717, 1.165) is 12.1 Å². The number of benzene rings is 2. The van der Waals surface area contributed by atoms with Crippen molar-refractivity contribution in [2.75, 3.05) is 6.54 Å². The molecule has 4 rings (SSSR count). The number of aromatic nitrogens is 1. The number of hydrogen-bond acceptors (Lipinski definition) is 6. The third kappa shape index (κ3) is 9.11. The molecule has 0 amide bonds. The van der Waals surface area contributed by atoms with Crippen molar-refractivity contribution >= 4 is 41.7 Å². The van der Waals surface area contributed by atoms with Crippen molar-refractivity contribution in [3.8, 4) is 5.75 Å². The maximum atomic E-state index is 15.8. The fraction of sp³-hybridized carbons (Fsp3) is 0.483. The van der Waals surface area contributed by atoms with E-state index >= 15 is 4.39 Å². The molecule has 1 fully saturated rings. The Bertz CT molecular complexity index is 1620. The van der Waals surface area contributed by atoms with Gasteiger partial charge in [0.05, 0.1) is 11.7 Å². The molecule has 1 heterocycles. The van der Waals surface area contributed by atoms with Crippen molar-refractivity contribution in [3.63, 3.8) is 0 Å². The molecule has 1 aliphatic carbocycles. The van der Waals surface area contributed by atoms with E-state index < -0.39 is 48.0 Å². The lowest BCUT2D eigenvalue weighted by molar-refractivity contribution is -0.140. The highest BCUT2D eigenvalue weighted by Crippen LogP contribution is 2.41. The van der Waals surface area contributed by atoms with Crippen LogP contribution in [0.25, 0.3) is 10.8 Å². The van der Waals surface area contributed by atoms with E-state index in [9.17, 15) is 26.0 Å². The summed E-state index contributed by atoms with van der Waals surface area (Å²) in [6.07, 6.45) is -2.03. The average Bonchev–Trinajstić information content (AvgIpc) is 2.87. The number of alkyl halides is 3. The molecule has 4 N–H and O–H groups in total. The van der Waals surface area contributed by atoms with Crippen LogP contribution in [0.15, 0.2) is 42.7 Å². The normalized spacial score (nSPS) is 18.3. The number of ether oxygens (including phenoxy) is 1. The molecule has 45 heavy (non-hydrogen) atoms. The van der Waals surface area contributed by atoms with Gasteiger partial charge >= 0.3 is 6.18 Å². The Hall–Kier alpha value is -2.40. The van der Waals surface area contributed by atoms with Crippen LogP contribution in [0.4, 0.5) is 22.0 Å². The predicted molar refractivity (Wildman–Crippen MR) is 167 cm³/mol. The highest BCUT2D eigenvalue weighted by Gasteiger charge is 2.40. The first kappa shape index (κ1) is 37.1. The lowest BCUT2D eigenvalue weighted by Crippen LogP contribution is -2.46. The zero-order chi connectivity index (χ0) is 32.7. The molecule has 3 aromatic rings. The Morgan fingerprint density at radius 1 is 1.07 bits per heavy atom. The van der Waals surface area contributed by atoms with Crippen LogP contribution in [0.1, 0.15) is 56.4 Å². The largest absolute Gasteiger partial charge is 0.490 e. The third-order valence-electron chi connectivity index (χ3n) is 8.30. The molecule has 1 aliphatic rings. The molecule has 0 bridgehead atoms. The van der Waals surface area contributed by atoms with E-state index in [0.29, 0.717) is 40.8 Å². The first-order valence-electron chi connectivity index (χ1n) is 14.0. The topological polar surface area (TPSA) is 116 Å². The SMILES string of the molecule is CC(C)(C)[Si](C)(C)OC(CNS(N)(=O)=O)c1cc(F)c(CNC2CC(Oc3ccc(F)c(C(F)(F)F)c3)C2)c2ccncc12.Cl. The molecular weight excluding hydrogens is 659 g/mol. The molecule has 0 saturated heterocycles. The Morgan fingerprint density at radius 2 is 1.73 bits per heavy atom. The lowest BCUT2D eigenvalue weighted by Gasteiger charge is -2.39. The van der Waals surface area contributed by atoms with E-state index in [2.05, 4.69) is 15.0 Å².